The first-order valence-corrected chi connectivity index (χ1v) is 7.80. The van der Waals surface area contributed by atoms with Crippen LogP contribution < -0.4 is 5.32 Å². The SMILES string of the molecule is CCC1(CC)CNCCN1C1CCCCCC1. The van der Waals surface area contributed by atoms with E-state index in [4.69, 9.17) is 0 Å². The Labute approximate surface area is 107 Å². The van der Waals surface area contributed by atoms with Gasteiger partial charge in [0.1, 0.15) is 0 Å². The topological polar surface area (TPSA) is 15.3 Å². The van der Waals surface area contributed by atoms with Gasteiger partial charge in [0.15, 0.2) is 0 Å². The maximum atomic E-state index is 3.62. The molecule has 2 heteroatoms. The molecule has 1 aliphatic carbocycles. The first kappa shape index (κ1) is 13.4. The van der Waals surface area contributed by atoms with Crippen LogP contribution in [0.1, 0.15) is 65.2 Å². The minimum Gasteiger partial charge on any atom is -0.314 e. The zero-order valence-electron chi connectivity index (χ0n) is 11.8. The van der Waals surface area contributed by atoms with Crippen LogP contribution in [0.3, 0.4) is 0 Å². The van der Waals surface area contributed by atoms with Crippen molar-refractivity contribution in [3.8, 4) is 0 Å². The lowest BCUT2D eigenvalue weighted by Gasteiger charge is -2.51. The fourth-order valence-corrected chi connectivity index (χ4v) is 3.90. The van der Waals surface area contributed by atoms with E-state index in [-0.39, 0.29) is 0 Å². The van der Waals surface area contributed by atoms with Crippen molar-refractivity contribution in [2.75, 3.05) is 19.6 Å². The molecular weight excluding hydrogens is 208 g/mol. The van der Waals surface area contributed by atoms with E-state index in [1.54, 1.807) is 0 Å². The number of piperazine rings is 1. The predicted molar refractivity (Wildman–Crippen MR) is 74.4 cm³/mol. The molecule has 0 aromatic rings. The molecule has 0 aromatic heterocycles. The van der Waals surface area contributed by atoms with Crippen molar-refractivity contribution in [3.05, 3.63) is 0 Å². The van der Waals surface area contributed by atoms with E-state index in [0.29, 0.717) is 5.54 Å². The monoisotopic (exact) mass is 238 g/mol. The van der Waals surface area contributed by atoms with Crippen LogP contribution in [0.25, 0.3) is 0 Å². The van der Waals surface area contributed by atoms with Gasteiger partial charge in [-0.05, 0) is 25.7 Å². The van der Waals surface area contributed by atoms with Gasteiger partial charge in [-0.3, -0.25) is 4.90 Å². The number of rotatable bonds is 3. The molecule has 1 saturated carbocycles. The highest BCUT2D eigenvalue weighted by Gasteiger charge is 2.39. The van der Waals surface area contributed by atoms with E-state index < -0.39 is 0 Å². The summed E-state index contributed by atoms with van der Waals surface area (Å²) in [4.78, 5) is 2.88. The number of nitrogens with zero attached hydrogens (tertiary/aromatic N) is 1. The van der Waals surface area contributed by atoms with Crippen LogP contribution >= 0.6 is 0 Å². The summed E-state index contributed by atoms with van der Waals surface area (Å²) in [6.07, 6.45) is 11.3. The van der Waals surface area contributed by atoms with E-state index >= 15 is 0 Å². The minimum atomic E-state index is 0.452. The van der Waals surface area contributed by atoms with Gasteiger partial charge in [-0.1, -0.05) is 39.5 Å². The lowest BCUT2D eigenvalue weighted by atomic mass is 9.86. The smallest absolute Gasteiger partial charge is 0.0332 e. The van der Waals surface area contributed by atoms with Crippen molar-refractivity contribution >= 4 is 0 Å². The highest BCUT2D eigenvalue weighted by atomic mass is 15.3. The Morgan fingerprint density at radius 1 is 1.06 bits per heavy atom. The zero-order chi connectivity index (χ0) is 12.1. The molecule has 2 fully saturated rings. The second-order valence-corrected chi connectivity index (χ2v) is 5.95. The summed E-state index contributed by atoms with van der Waals surface area (Å²) in [6, 6.07) is 0.875. The molecule has 1 aliphatic heterocycles. The molecule has 1 heterocycles. The van der Waals surface area contributed by atoms with Gasteiger partial charge in [0, 0.05) is 31.2 Å². The number of hydrogen-bond donors (Lipinski definition) is 1. The Hall–Kier alpha value is -0.0800. The standard InChI is InChI=1S/C15H30N2/c1-3-15(4-2)13-16-11-12-17(15)14-9-7-5-6-8-10-14/h14,16H,3-13H2,1-2H3. The highest BCUT2D eigenvalue weighted by molar-refractivity contribution is 4.97. The van der Waals surface area contributed by atoms with Gasteiger partial charge < -0.3 is 5.32 Å². The molecule has 2 nitrogen and oxygen atoms in total. The second kappa shape index (κ2) is 6.19. The lowest BCUT2D eigenvalue weighted by Crippen LogP contribution is -2.63. The predicted octanol–water partition coefficient (Wildman–Crippen LogP) is 3.17. The normalized spacial score (nSPS) is 27.9. The second-order valence-electron chi connectivity index (χ2n) is 5.95. The first-order valence-electron chi connectivity index (χ1n) is 7.80. The average molecular weight is 238 g/mol. The molecule has 0 amide bonds. The quantitative estimate of drug-likeness (QED) is 0.760. The van der Waals surface area contributed by atoms with Gasteiger partial charge in [-0.25, -0.2) is 0 Å². The van der Waals surface area contributed by atoms with Crippen molar-refractivity contribution in [2.45, 2.75) is 76.8 Å². The molecule has 0 radical (unpaired) electrons. The molecule has 17 heavy (non-hydrogen) atoms. The van der Waals surface area contributed by atoms with Crippen LogP contribution in [0, 0.1) is 0 Å². The molecule has 0 unspecified atom stereocenters. The summed E-state index contributed by atoms with van der Waals surface area (Å²) < 4.78 is 0. The van der Waals surface area contributed by atoms with Gasteiger partial charge in [0.2, 0.25) is 0 Å². The Morgan fingerprint density at radius 3 is 2.29 bits per heavy atom. The van der Waals surface area contributed by atoms with Crippen LogP contribution in [0.5, 0.6) is 0 Å². The molecule has 1 N–H and O–H groups in total. The summed E-state index contributed by atoms with van der Waals surface area (Å²) in [5.74, 6) is 0. The average Bonchev–Trinajstić information content (AvgIpc) is 2.67. The summed E-state index contributed by atoms with van der Waals surface area (Å²) >= 11 is 0. The molecule has 100 valence electrons. The zero-order valence-corrected chi connectivity index (χ0v) is 11.8. The summed E-state index contributed by atoms with van der Waals surface area (Å²) in [6.45, 7) is 8.42. The van der Waals surface area contributed by atoms with E-state index in [0.717, 1.165) is 6.04 Å². The summed E-state index contributed by atoms with van der Waals surface area (Å²) in [7, 11) is 0. The van der Waals surface area contributed by atoms with Gasteiger partial charge in [-0.15, -0.1) is 0 Å². The largest absolute Gasteiger partial charge is 0.314 e. The van der Waals surface area contributed by atoms with E-state index in [1.807, 2.05) is 0 Å². The highest BCUT2D eigenvalue weighted by Crippen LogP contribution is 2.32. The fourth-order valence-electron chi connectivity index (χ4n) is 3.90. The molecule has 0 bridgehead atoms. The molecule has 0 atom stereocenters. The Bertz CT molecular complexity index is 215. The fraction of sp³-hybridized carbons (Fsp3) is 1.00. The first-order chi connectivity index (χ1) is 8.32. The third-order valence-electron chi connectivity index (χ3n) is 5.17. The summed E-state index contributed by atoms with van der Waals surface area (Å²) in [5, 5.41) is 3.62. The number of nitrogens with one attached hydrogen (secondary N) is 1. The van der Waals surface area contributed by atoms with Crippen LogP contribution in [0.2, 0.25) is 0 Å². The molecular formula is C15H30N2. The third kappa shape index (κ3) is 2.85. The van der Waals surface area contributed by atoms with Gasteiger partial charge in [-0.2, -0.15) is 0 Å². The molecule has 1 saturated heterocycles. The Morgan fingerprint density at radius 2 is 1.71 bits per heavy atom. The third-order valence-corrected chi connectivity index (χ3v) is 5.17. The van der Waals surface area contributed by atoms with Crippen LogP contribution in [0.15, 0.2) is 0 Å². The van der Waals surface area contributed by atoms with E-state index in [9.17, 15) is 0 Å². The molecule has 2 rings (SSSR count). The maximum absolute atomic E-state index is 3.62. The van der Waals surface area contributed by atoms with Crippen molar-refractivity contribution in [2.24, 2.45) is 0 Å². The Balaban J connectivity index is 2.08. The van der Waals surface area contributed by atoms with Crippen molar-refractivity contribution < 1.29 is 0 Å². The van der Waals surface area contributed by atoms with Gasteiger partial charge >= 0.3 is 0 Å². The Kier molecular flexibility index (Phi) is 4.87. The van der Waals surface area contributed by atoms with Gasteiger partial charge in [0.05, 0.1) is 0 Å². The van der Waals surface area contributed by atoms with Crippen LogP contribution in [-0.2, 0) is 0 Å². The van der Waals surface area contributed by atoms with E-state index in [2.05, 4.69) is 24.1 Å². The molecule has 0 spiro atoms. The molecule has 2 aliphatic rings. The minimum absolute atomic E-state index is 0.452. The maximum Gasteiger partial charge on any atom is 0.0332 e. The van der Waals surface area contributed by atoms with Crippen LogP contribution in [-0.4, -0.2) is 36.1 Å². The lowest BCUT2D eigenvalue weighted by molar-refractivity contribution is 0.00704. The van der Waals surface area contributed by atoms with Crippen molar-refractivity contribution in [3.63, 3.8) is 0 Å². The summed E-state index contributed by atoms with van der Waals surface area (Å²) in [5.41, 5.74) is 0.452. The van der Waals surface area contributed by atoms with E-state index in [1.165, 1.54) is 71.0 Å². The van der Waals surface area contributed by atoms with Crippen molar-refractivity contribution in [1.29, 1.82) is 0 Å². The van der Waals surface area contributed by atoms with Crippen molar-refractivity contribution in [1.82, 2.24) is 10.2 Å². The van der Waals surface area contributed by atoms with Crippen LogP contribution in [0.4, 0.5) is 0 Å². The van der Waals surface area contributed by atoms with Gasteiger partial charge in [0.25, 0.3) is 0 Å². The molecule has 0 aromatic carbocycles. The number of hydrogen-bond acceptors (Lipinski definition) is 2.